The molecule has 2 N–H and O–H groups in total. The number of hydrogen-bond donors (Lipinski definition) is 2. The number of rotatable bonds is 5. The monoisotopic (exact) mass is 365 g/mol. The zero-order valence-electron chi connectivity index (χ0n) is 10.6. The summed E-state index contributed by atoms with van der Waals surface area (Å²) in [7, 11) is 1.69. The van der Waals surface area contributed by atoms with Gasteiger partial charge in [-0.15, -0.1) is 24.0 Å². The van der Waals surface area contributed by atoms with Crippen molar-refractivity contribution in [3.05, 3.63) is 18.0 Å². The minimum absolute atomic E-state index is 0. The molecule has 0 spiro atoms. The molecule has 0 bridgehead atoms. The number of methoxy groups -OCH3 is 1. The van der Waals surface area contributed by atoms with Gasteiger partial charge in [0.15, 0.2) is 5.96 Å². The molecular formula is C11H20IN5O. The summed E-state index contributed by atoms with van der Waals surface area (Å²) in [6.07, 6.45) is 5.00. The summed E-state index contributed by atoms with van der Waals surface area (Å²) in [6, 6.07) is 0. The second kappa shape index (κ2) is 8.30. The lowest BCUT2D eigenvalue weighted by Crippen LogP contribution is -2.40. The number of aromatic nitrogens is 2. The Morgan fingerprint density at radius 3 is 3.17 bits per heavy atom. The average molecular weight is 365 g/mol. The maximum atomic E-state index is 5.00. The molecule has 2 rings (SSSR count). The Kier molecular flexibility index (Phi) is 7.02. The maximum absolute atomic E-state index is 5.00. The van der Waals surface area contributed by atoms with Crippen LogP contribution in [-0.2, 0) is 17.8 Å². The Labute approximate surface area is 124 Å². The van der Waals surface area contributed by atoms with Gasteiger partial charge in [0, 0.05) is 38.5 Å². The van der Waals surface area contributed by atoms with Crippen LogP contribution in [0.3, 0.4) is 0 Å². The minimum Gasteiger partial charge on any atom is -0.383 e. The molecule has 0 atom stereocenters. The van der Waals surface area contributed by atoms with Gasteiger partial charge in [-0.1, -0.05) is 0 Å². The number of nitrogens with zero attached hydrogens (tertiary/aromatic N) is 3. The van der Waals surface area contributed by atoms with Crippen LogP contribution in [0.4, 0.5) is 0 Å². The van der Waals surface area contributed by atoms with Crippen LogP contribution in [0.1, 0.15) is 12.0 Å². The summed E-state index contributed by atoms with van der Waals surface area (Å²) in [6.45, 7) is 4.12. The third kappa shape index (κ3) is 4.81. The molecule has 1 aliphatic rings. The predicted octanol–water partition coefficient (Wildman–Crippen LogP) is 0.586. The van der Waals surface area contributed by atoms with Gasteiger partial charge in [-0.3, -0.25) is 9.67 Å². The van der Waals surface area contributed by atoms with Gasteiger partial charge in [0.1, 0.15) is 0 Å². The largest absolute Gasteiger partial charge is 0.383 e. The Morgan fingerprint density at radius 2 is 2.44 bits per heavy atom. The second-order valence-electron chi connectivity index (χ2n) is 3.97. The molecule has 18 heavy (non-hydrogen) atoms. The van der Waals surface area contributed by atoms with Crippen LogP contribution < -0.4 is 10.6 Å². The Hall–Kier alpha value is -0.830. The molecule has 1 aromatic rings. The number of halogens is 1. The van der Waals surface area contributed by atoms with E-state index in [4.69, 9.17) is 4.74 Å². The fourth-order valence-corrected chi connectivity index (χ4v) is 1.64. The summed E-state index contributed by atoms with van der Waals surface area (Å²) < 4.78 is 6.89. The number of nitrogens with one attached hydrogen (secondary N) is 2. The second-order valence-corrected chi connectivity index (χ2v) is 3.97. The van der Waals surface area contributed by atoms with Gasteiger partial charge in [-0.05, 0) is 6.42 Å². The van der Waals surface area contributed by atoms with Crippen LogP contribution in [0.2, 0.25) is 0 Å². The van der Waals surface area contributed by atoms with Gasteiger partial charge in [-0.25, -0.2) is 0 Å². The van der Waals surface area contributed by atoms with Gasteiger partial charge in [0.2, 0.25) is 0 Å². The molecule has 0 unspecified atom stereocenters. The van der Waals surface area contributed by atoms with E-state index in [9.17, 15) is 0 Å². The molecule has 1 aromatic heterocycles. The van der Waals surface area contributed by atoms with E-state index in [-0.39, 0.29) is 24.0 Å². The summed E-state index contributed by atoms with van der Waals surface area (Å²) in [5, 5.41) is 10.7. The van der Waals surface area contributed by atoms with Crippen LogP contribution in [0.15, 0.2) is 17.4 Å². The lowest BCUT2D eigenvalue weighted by Gasteiger charge is -2.15. The number of aliphatic imine (C=N–C) groups is 1. The quantitative estimate of drug-likeness (QED) is 0.750. The molecule has 6 nitrogen and oxygen atoms in total. The molecule has 7 heteroatoms. The summed E-state index contributed by atoms with van der Waals surface area (Å²) in [5.74, 6) is 0.890. The van der Waals surface area contributed by atoms with E-state index < -0.39 is 0 Å². The van der Waals surface area contributed by atoms with Crippen LogP contribution in [0, 0.1) is 0 Å². The normalized spacial score (nSPS) is 14.4. The van der Waals surface area contributed by atoms with Gasteiger partial charge >= 0.3 is 0 Å². The first kappa shape index (κ1) is 15.2. The molecule has 0 aromatic carbocycles. The highest BCUT2D eigenvalue weighted by molar-refractivity contribution is 14.0. The number of guanidine groups is 1. The maximum Gasteiger partial charge on any atom is 0.191 e. The molecule has 0 aliphatic carbocycles. The van der Waals surface area contributed by atoms with E-state index in [1.807, 2.05) is 17.1 Å². The van der Waals surface area contributed by atoms with E-state index >= 15 is 0 Å². The molecule has 0 saturated heterocycles. The van der Waals surface area contributed by atoms with Crippen LogP contribution in [-0.4, -0.2) is 42.5 Å². The van der Waals surface area contributed by atoms with Gasteiger partial charge in [-0.2, -0.15) is 5.10 Å². The zero-order chi connectivity index (χ0) is 11.9. The van der Waals surface area contributed by atoms with Crippen molar-refractivity contribution in [1.82, 2.24) is 20.4 Å². The van der Waals surface area contributed by atoms with Gasteiger partial charge in [0.05, 0.1) is 19.3 Å². The predicted molar refractivity (Wildman–Crippen MR) is 81.3 cm³/mol. The van der Waals surface area contributed by atoms with Crippen LogP contribution >= 0.6 is 24.0 Å². The van der Waals surface area contributed by atoms with Gasteiger partial charge in [0.25, 0.3) is 0 Å². The van der Waals surface area contributed by atoms with Crippen LogP contribution in [0.25, 0.3) is 0 Å². The molecule has 2 heterocycles. The summed E-state index contributed by atoms with van der Waals surface area (Å²) >= 11 is 0. The first-order valence-corrected chi connectivity index (χ1v) is 5.91. The molecule has 0 saturated carbocycles. The van der Waals surface area contributed by atoms with Crippen LogP contribution in [0.5, 0.6) is 0 Å². The first-order chi connectivity index (χ1) is 8.38. The van der Waals surface area contributed by atoms with Crippen molar-refractivity contribution in [2.24, 2.45) is 4.99 Å². The van der Waals surface area contributed by atoms with E-state index in [0.29, 0.717) is 6.61 Å². The fourth-order valence-electron chi connectivity index (χ4n) is 1.64. The molecule has 0 amide bonds. The van der Waals surface area contributed by atoms with E-state index in [0.717, 1.165) is 44.1 Å². The molecule has 0 fully saturated rings. The van der Waals surface area contributed by atoms with Crippen molar-refractivity contribution >= 4 is 29.9 Å². The van der Waals surface area contributed by atoms with E-state index in [1.165, 1.54) is 0 Å². The number of ether oxygens (including phenoxy) is 1. The van der Waals surface area contributed by atoms with Crippen molar-refractivity contribution in [2.75, 3.05) is 26.8 Å². The molecule has 0 radical (unpaired) electrons. The minimum atomic E-state index is 0. The third-order valence-electron chi connectivity index (χ3n) is 2.57. The molecule has 1 aliphatic heterocycles. The summed E-state index contributed by atoms with van der Waals surface area (Å²) in [5.41, 5.74) is 1.15. The summed E-state index contributed by atoms with van der Waals surface area (Å²) in [4.78, 5) is 4.35. The lowest BCUT2D eigenvalue weighted by molar-refractivity contribution is 0.183. The Balaban J connectivity index is 0.00000162. The van der Waals surface area contributed by atoms with Crippen molar-refractivity contribution in [1.29, 1.82) is 0 Å². The molecule has 102 valence electrons. The van der Waals surface area contributed by atoms with Crippen molar-refractivity contribution < 1.29 is 4.74 Å². The van der Waals surface area contributed by atoms with Crippen molar-refractivity contribution in [3.8, 4) is 0 Å². The Bertz CT molecular complexity index is 379. The standard InChI is InChI=1S/C11H19N5O.HI/c1-17-6-5-16-9-10(8-15-16)7-14-11-12-3-2-4-13-11;/h8-9H,2-7H2,1H3,(H2,12,13,14);1H. The van der Waals surface area contributed by atoms with E-state index in [2.05, 4.69) is 20.7 Å². The molecular weight excluding hydrogens is 345 g/mol. The van der Waals surface area contributed by atoms with Crippen molar-refractivity contribution in [3.63, 3.8) is 0 Å². The third-order valence-corrected chi connectivity index (χ3v) is 2.57. The highest BCUT2D eigenvalue weighted by Crippen LogP contribution is 1.97. The average Bonchev–Trinajstić information content (AvgIpc) is 2.83. The SMILES string of the molecule is COCCn1cc(CNC2=NCCCN2)cn1.I. The topological polar surface area (TPSA) is 63.5 Å². The highest BCUT2D eigenvalue weighted by Gasteiger charge is 2.04. The fraction of sp³-hybridized carbons (Fsp3) is 0.636. The first-order valence-electron chi connectivity index (χ1n) is 5.91. The number of hydrogen-bond acceptors (Lipinski definition) is 5. The van der Waals surface area contributed by atoms with Gasteiger partial charge < -0.3 is 15.4 Å². The van der Waals surface area contributed by atoms with Crippen molar-refractivity contribution in [2.45, 2.75) is 19.5 Å². The Morgan fingerprint density at radius 1 is 1.56 bits per heavy atom. The lowest BCUT2D eigenvalue weighted by atomic mass is 10.3. The highest BCUT2D eigenvalue weighted by atomic mass is 127. The smallest absolute Gasteiger partial charge is 0.191 e. The van der Waals surface area contributed by atoms with E-state index in [1.54, 1.807) is 7.11 Å². The zero-order valence-corrected chi connectivity index (χ0v) is 12.9.